The number of rotatable bonds is 5. The Kier molecular flexibility index (Phi) is 9.24. The van der Waals surface area contributed by atoms with Crippen LogP contribution in [-0.4, -0.2) is 59.8 Å². The zero-order valence-electron chi connectivity index (χ0n) is 18.3. The average Bonchev–Trinajstić information content (AvgIpc) is 2.98. The fourth-order valence-corrected chi connectivity index (χ4v) is 3.95. The second kappa shape index (κ2) is 11.2. The molecule has 2 unspecified atom stereocenters. The average molecular weight is 547 g/mol. The van der Waals surface area contributed by atoms with Crippen molar-refractivity contribution < 1.29 is 4.74 Å². The zero-order valence-corrected chi connectivity index (χ0v) is 21.4. The van der Waals surface area contributed by atoms with E-state index >= 15 is 0 Å². The largest absolute Gasteiger partial charge is 0.372 e. The van der Waals surface area contributed by atoms with E-state index in [1.807, 2.05) is 37.1 Å². The lowest BCUT2D eigenvalue weighted by molar-refractivity contribution is -0.00545. The molecule has 0 radical (unpaired) electrons. The summed E-state index contributed by atoms with van der Waals surface area (Å²) in [6.45, 7) is 7.32. The van der Waals surface area contributed by atoms with Gasteiger partial charge in [0.05, 0.1) is 23.8 Å². The summed E-state index contributed by atoms with van der Waals surface area (Å²) in [6.07, 6.45) is 4.28. The summed E-state index contributed by atoms with van der Waals surface area (Å²) < 4.78 is 7.84. The van der Waals surface area contributed by atoms with Crippen molar-refractivity contribution >= 4 is 47.4 Å². The van der Waals surface area contributed by atoms with Gasteiger partial charge in [0, 0.05) is 58.9 Å². The van der Waals surface area contributed by atoms with Crippen LogP contribution in [0.4, 0.5) is 5.82 Å². The Labute approximate surface area is 201 Å². The molecule has 30 heavy (non-hydrogen) atoms. The van der Waals surface area contributed by atoms with Crippen molar-refractivity contribution in [2.75, 3.05) is 32.1 Å². The van der Waals surface area contributed by atoms with Crippen molar-refractivity contribution in [2.24, 2.45) is 12.0 Å². The number of aromatic nitrogens is 2. The quantitative estimate of drug-likeness (QED) is 0.353. The standard InChI is InChI=1S/C21H31ClN6O.HI/c1-15-11-28(12-16(2)29-15)20-7-6-17(9-24-20)10-25-21(23-3)27(5)14-19-8-18(22)13-26(19)4;/h6-9,13,15-16H,10-12,14H2,1-5H3,(H,23,25);1H. The van der Waals surface area contributed by atoms with Gasteiger partial charge in [-0.05, 0) is 31.5 Å². The lowest BCUT2D eigenvalue weighted by Gasteiger charge is -2.36. The molecule has 1 N–H and O–H groups in total. The Hall–Kier alpha value is -1.52. The van der Waals surface area contributed by atoms with Crippen LogP contribution in [0.15, 0.2) is 35.6 Å². The summed E-state index contributed by atoms with van der Waals surface area (Å²) in [4.78, 5) is 13.4. The Morgan fingerprint density at radius 1 is 1.33 bits per heavy atom. The van der Waals surface area contributed by atoms with Crippen molar-refractivity contribution in [3.63, 3.8) is 0 Å². The van der Waals surface area contributed by atoms with E-state index in [-0.39, 0.29) is 36.2 Å². The molecule has 2 aromatic heterocycles. The monoisotopic (exact) mass is 546 g/mol. The first-order chi connectivity index (χ1) is 13.9. The molecular weight excluding hydrogens is 515 g/mol. The first kappa shape index (κ1) is 24.7. The number of anilines is 1. The molecule has 1 fully saturated rings. The highest BCUT2D eigenvalue weighted by Crippen LogP contribution is 2.18. The number of nitrogens with zero attached hydrogens (tertiary/aromatic N) is 5. The number of pyridine rings is 1. The van der Waals surface area contributed by atoms with Crippen LogP contribution in [0.3, 0.4) is 0 Å². The fourth-order valence-electron chi connectivity index (χ4n) is 3.68. The highest BCUT2D eigenvalue weighted by molar-refractivity contribution is 14.0. The molecule has 2 atom stereocenters. The van der Waals surface area contributed by atoms with Gasteiger partial charge in [0.1, 0.15) is 5.82 Å². The number of morpholine rings is 1. The molecule has 7 nitrogen and oxygen atoms in total. The van der Waals surface area contributed by atoms with Gasteiger partial charge < -0.3 is 24.4 Å². The highest BCUT2D eigenvalue weighted by atomic mass is 127. The maximum Gasteiger partial charge on any atom is 0.194 e. The van der Waals surface area contributed by atoms with Crippen LogP contribution < -0.4 is 10.2 Å². The van der Waals surface area contributed by atoms with Crippen LogP contribution >= 0.6 is 35.6 Å². The van der Waals surface area contributed by atoms with Crippen molar-refractivity contribution in [3.8, 4) is 0 Å². The summed E-state index contributed by atoms with van der Waals surface area (Å²) in [7, 11) is 5.80. The number of aliphatic imine (C=N–C) groups is 1. The van der Waals surface area contributed by atoms with E-state index in [9.17, 15) is 0 Å². The van der Waals surface area contributed by atoms with Crippen molar-refractivity contribution in [3.05, 3.63) is 46.9 Å². The molecule has 1 aliphatic rings. The SMILES string of the molecule is CN=C(NCc1ccc(N2CC(C)OC(C)C2)nc1)N(C)Cc1cc(Cl)cn1C.I. The molecule has 1 aliphatic heterocycles. The topological polar surface area (TPSA) is 57.9 Å². The van der Waals surface area contributed by atoms with Gasteiger partial charge in [0.25, 0.3) is 0 Å². The first-order valence-corrected chi connectivity index (χ1v) is 10.3. The van der Waals surface area contributed by atoms with Gasteiger partial charge in [-0.3, -0.25) is 4.99 Å². The molecule has 3 heterocycles. The fraction of sp³-hybridized carbons (Fsp3) is 0.524. The number of halogens is 2. The van der Waals surface area contributed by atoms with Crippen LogP contribution in [-0.2, 0) is 24.9 Å². The first-order valence-electron chi connectivity index (χ1n) is 9.93. The van der Waals surface area contributed by atoms with Crippen LogP contribution in [0.1, 0.15) is 25.1 Å². The highest BCUT2D eigenvalue weighted by Gasteiger charge is 2.23. The van der Waals surface area contributed by atoms with Crippen LogP contribution in [0.25, 0.3) is 0 Å². The van der Waals surface area contributed by atoms with E-state index in [1.54, 1.807) is 7.05 Å². The summed E-state index contributed by atoms with van der Waals surface area (Å²) in [6, 6.07) is 6.17. The molecule has 1 saturated heterocycles. The number of aryl methyl sites for hydroxylation is 1. The Morgan fingerprint density at radius 2 is 2.03 bits per heavy atom. The summed E-state index contributed by atoms with van der Waals surface area (Å²) >= 11 is 6.09. The Balaban J connectivity index is 0.00000320. The molecular formula is C21H32ClIN6O. The molecule has 0 aliphatic carbocycles. The molecule has 0 bridgehead atoms. The van der Waals surface area contributed by atoms with E-state index in [2.05, 4.69) is 51.1 Å². The maximum atomic E-state index is 6.09. The number of guanidine groups is 1. The molecule has 3 rings (SSSR count). The third kappa shape index (κ3) is 6.49. The normalized spacial score (nSPS) is 19.4. The minimum Gasteiger partial charge on any atom is -0.372 e. The lowest BCUT2D eigenvalue weighted by atomic mass is 10.2. The van der Waals surface area contributed by atoms with Gasteiger partial charge >= 0.3 is 0 Å². The van der Waals surface area contributed by atoms with Crippen molar-refractivity contribution in [1.82, 2.24) is 19.8 Å². The van der Waals surface area contributed by atoms with Crippen LogP contribution in [0.5, 0.6) is 0 Å². The van der Waals surface area contributed by atoms with Gasteiger partial charge in [-0.25, -0.2) is 4.98 Å². The zero-order chi connectivity index (χ0) is 21.0. The second-order valence-corrected chi connectivity index (χ2v) is 8.14. The number of hydrogen-bond acceptors (Lipinski definition) is 4. The summed E-state index contributed by atoms with van der Waals surface area (Å²) in [5.41, 5.74) is 2.24. The third-order valence-electron chi connectivity index (χ3n) is 5.05. The van der Waals surface area contributed by atoms with E-state index < -0.39 is 0 Å². The molecule has 0 saturated carbocycles. The van der Waals surface area contributed by atoms with Crippen LogP contribution in [0, 0.1) is 0 Å². The molecule has 2 aromatic rings. The molecule has 0 amide bonds. The predicted octanol–water partition coefficient (Wildman–Crippen LogP) is 3.51. The minimum atomic E-state index is 0. The van der Waals surface area contributed by atoms with Gasteiger partial charge in [-0.2, -0.15) is 0 Å². The van der Waals surface area contributed by atoms with Gasteiger partial charge in [-0.15, -0.1) is 24.0 Å². The van der Waals surface area contributed by atoms with E-state index in [1.165, 1.54) is 0 Å². The summed E-state index contributed by atoms with van der Waals surface area (Å²) in [5, 5.41) is 4.15. The molecule has 0 spiro atoms. The van der Waals surface area contributed by atoms with Crippen LogP contribution in [0.2, 0.25) is 5.02 Å². The molecule has 9 heteroatoms. The van der Waals surface area contributed by atoms with Crippen molar-refractivity contribution in [1.29, 1.82) is 0 Å². The Morgan fingerprint density at radius 3 is 2.57 bits per heavy atom. The van der Waals surface area contributed by atoms with Gasteiger partial charge in [0.2, 0.25) is 0 Å². The smallest absolute Gasteiger partial charge is 0.194 e. The maximum absolute atomic E-state index is 6.09. The van der Waals surface area contributed by atoms with Gasteiger partial charge in [-0.1, -0.05) is 17.7 Å². The third-order valence-corrected chi connectivity index (χ3v) is 5.26. The van der Waals surface area contributed by atoms with E-state index in [0.717, 1.165) is 41.1 Å². The lowest BCUT2D eigenvalue weighted by Crippen LogP contribution is -2.45. The molecule has 0 aromatic carbocycles. The predicted molar refractivity (Wildman–Crippen MR) is 134 cm³/mol. The second-order valence-electron chi connectivity index (χ2n) is 7.70. The van der Waals surface area contributed by atoms with E-state index in [4.69, 9.17) is 16.3 Å². The minimum absolute atomic E-state index is 0. The number of hydrogen-bond donors (Lipinski definition) is 1. The molecule has 166 valence electrons. The van der Waals surface area contributed by atoms with Crippen molar-refractivity contribution in [2.45, 2.75) is 39.1 Å². The summed E-state index contributed by atoms with van der Waals surface area (Å²) in [5.74, 6) is 1.82. The number of ether oxygens (including phenoxy) is 1. The number of nitrogens with one attached hydrogen (secondary N) is 1. The van der Waals surface area contributed by atoms with E-state index in [0.29, 0.717) is 13.1 Å². The Bertz CT molecular complexity index is 831. The van der Waals surface area contributed by atoms with Gasteiger partial charge in [0.15, 0.2) is 5.96 Å².